The Morgan fingerprint density at radius 2 is 1.85 bits per heavy atom. The molecule has 0 heterocycles. The first kappa shape index (κ1) is 15.5. The molecule has 20 heavy (non-hydrogen) atoms. The topological polar surface area (TPSA) is 29.5 Å². The molecule has 2 heteroatoms. The fraction of sp³-hybridized carbons (Fsp3) is 0.667. The van der Waals surface area contributed by atoms with Crippen molar-refractivity contribution in [2.75, 3.05) is 6.61 Å². The minimum absolute atomic E-state index is 0.323. The van der Waals surface area contributed by atoms with Gasteiger partial charge < -0.3 is 9.84 Å². The van der Waals surface area contributed by atoms with E-state index in [-0.39, 0.29) is 0 Å². The van der Waals surface area contributed by atoms with Gasteiger partial charge in [-0.05, 0) is 61.6 Å². The average molecular weight is 276 g/mol. The Labute approximate surface area is 123 Å². The van der Waals surface area contributed by atoms with Gasteiger partial charge in [0.15, 0.2) is 0 Å². The standard InChI is InChI=1S/C18H28O2/c1-13-5-6-15(11-14(13)2)17(19)12-20-16-7-9-18(3,4)10-8-16/h5-6,11,16-17,19H,7-10,12H2,1-4H3. The molecule has 1 aromatic rings. The number of benzene rings is 1. The molecule has 0 aromatic heterocycles. The van der Waals surface area contributed by atoms with E-state index in [4.69, 9.17) is 4.74 Å². The third-order valence-corrected chi connectivity index (χ3v) is 4.69. The third kappa shape index (κ3) is 4.07. The number of aliphatic hydroxyl groups excluding tert-OH is 1. The highest BCUT2D eigenvalue weighted by Crippen LogP contribution is 2.36. The van der Waals surface area contributed by atoms with Crippen LogP contribution in [0.5, 0.6) is 0 Å². The maximum Gasteiger partial charge on any atom is 0.102 e. The lowest BCUT2D eigenvalue weighted by atomic mass is 9.76. The van der Waals surface area contributed by atoms with Gasteiger partial charge in [0.25, 0.3) is 0 Å². The average Bonchev–Trinajstić information content (AvgIpc) is 2.40. The van der Waals surface area contributed by atoms with Gasteiger partial charge in [0, 0.05) is 0 Å². The Kier molecular flexibility index (Phi) is 4.87. The van der Waals surface area contributed by atoms with E-state index in [0.717, 1.165) is 18.4 Å². The van der Waals surface area contributed by atoms with Crippen LogP contribution in [0.3, 0.4) is 0 Å². The Bertz CT molecular complexity index is 441. The van der Waals surface area contributed by atoms with Crippen LogP contribution in [0.15, 0.2) is 18.2 Å². The molecule has 1 aromatic carbocycles. The summed E-state index contributed by atoms with van der Waals surface area (Å²) in [7, 11) is 0. The predicted molar refractivity (Wildman–Crippen MR) is 82.9 cm³/mol. The number of aliphatic hydroxyl groups is 1. The molecule has 1 saturated carbocycles. The number of ether oxygens (including phenoxy) is 1. The SMILES string of the molecule is Cc1ccc(C(O)COC2CCC(C)(C)CC2)cc1C. The Morgan fingerprint density at radius 1 is 1.20 bits per heavy atom. The van der Waals surface area contributed by atoms with Gasteiger partial charge in [0.2, 0.25) is 0 Å². The summed E-state index contributed by atoms with van der Waals surface area (Å²) in [5.41, 5.74) is 3.91. The Balaban J connectivity index is 1.83. The van der Waals surface area contributed by atoms with Crippen molar-refractivity contribution in [3.8, 4) is 0 Å². The number of hydrogen-bond donors (Lipinski definition) is 1. The molecule has 1 N–H and O–H groups in total. The van der Waals surface area contributed by atoms with Gasteiger partial charge in [0.05, 0.1) is 12.7 Å². The van der Waals surface area contributed by atoms with E-state index in [1.165, 1.54) is 24.0 Å². The van der Waals surface area contributed by atoms with E-state index in [9.17, 15) is 5.11 Å². The highest BCUT2D eigenvalue weighted by Gasteiger charge is 2.27. The highest BCUT2D eigenvalue weighted by atomic mass is 16.5. The number of aryl methyl sites for hydroxylation is 2. The van der Waals surface area contributed by atoms with Crippen LogP contribution in [0.1, 0.15) is 62.3 Å². The lowest BCUT2D eigenvalue weighted by molar-refractivity contribution is -0.0380. The van der Waals surface area contributed by atoms with E-state index >= 15 is 0 Å². The van der Waals surface area contributed by atoms with Gasteiger partial charge in [-0.25, -0.2) is 0 Å². The molecule has 1 atom stereocenters. The zero-order valence-corrected chi connectivity index (χ0v) is 13.3. The van der Waals surface area contributed by atoms with E-state index in [2.05, 4.69) is 39.8 Å². The third-order valence-electron chi connectivity index (χ3n) is 4.69. The largest absolute Gasteiger partial charge is 0.386 e. The van der Waals surface area contributed by atoms with Gasteiger partial charge in [-0.15, -0.1) is 0 Å². The van der Waals surface area contributed by atoms with E-state index in [1.54, 1.807) is 0 Å². The molecule has 0 aliphatic heterocycles. The van der Waals surface area contributed by atoms with E-state index in [0.29, 0.717) is 18.1 Å². The lowest BCUT2D eigenvalue weighted by Gasteiger charge is -2.34. The second-order valence-electron chi connectivity index (χ2n) is 7.06. The van der Waals surface area contributed by atoms with Crippen LogP contribution in [0.4, 0.5) is 0 Å². The highest BCUT2D eigenvalue weighted by molar-refractivity contribution is 5.31. The summed E-state index contributed by atoms with van der Waals surface area (Å²) in [6, 6.07) is 6.13. The molecule has 1 fully saturated rings. The molecule has 1 aliphatic rings. The summed E-state index contributed by atoms with van der Waals surface area (Å²) >= 11 is 0. The van der Waals surface area contributed by atoms with Crippen LogP contribution in [-0.2, 0) is 4.74 Å². The summed E-state index contributed by atoms with van der Waals surface area (Å²) in [6.07, 6.45) is 4.49. The fourth-order valence-electron chi connectivity index (χ4n) is 2.83. The summed E-state index contributed by atoms with van der Waals surface area (Å²) < 4.78 is 5.91. The fourth-order valence-corrected chi connectivity index (χ4v) is 2.83. The summed E-state index contributed by atoms with van der Waals surface area (Å²) in [4.78, 5) is 0. The van der Waals surface area contributed by atoms with Crippen molar-refractivity contribution < 1.29 is 9.84 Å². The number of rotatable bonds is 4. The second-order valence-corrected chi connectivity index (χ2v) is 7.06. The summed E-state index contributed by atoms with van der Waals surface area (Å²) in [5.74, 6) is 0. The van der Waals surface area contributed by atoms with Gasteiger partial charge in [0.1, 0.15) is 6.10 Å². The van der Waals surface area contributed by atoms with Gasteiger partial charge in [-0.2, -0.15) is 0 Å². The quantitative estimate of drug-likeness (QED) is 0.887. The molecule has 0 saturated heterocycles. The molecular formula is C18H28O2. The van der Waals surface area contributed by atoms with Crippen LogP contribution >= 0.6 is 0 Å². The van der Waals surface area contributed by atoms with E-state index in [1.807, 2.05) is 6.07 Å². The van der Waals surface area contributed by atoms with E-state index < -0.39 is 6.10 Å². The van der Waals surface area contributed by atoms with Crippen LogP contribution in [0, 0.1) is 19.3 Å². The van der Waals surface area contributed by atoms with Crippen LogP contribution < -0.4 is 0 Å². The molecule has 2 rings (SSSR count). The molecule has 0 radical (unpaired) electrons. The molecule has 2 nitrogen and oxygen atoms in total. The van der Waals surface area contributed by atoms with Crippen LogP contribution in [0.2, 0.25) is 0 Å². The number of hydrogen-bond acceptors (Lipinski definition) is 2. The molecule has 0 spiro atoms. The first-order chi connectivity index (χ1) is 9.37. The maximum atomic E-state index is 10.2. The van der Waals surface area contributed by atoms with Crippen molar-refractivity contribution in [2.24, 2.45) is 5.41 Å². The molecule has 0 amide bonds. The first-order valence-corrected chi connectivity index (χ1v) is 7.74. The normalized spacial score (nSPS) is 20.9. The van der Waals surface area contributed by atoms with Crippen LogP contribution in [0.25, 0.3) is 0 Å². The van der Waals surface area contributed by atoms with Crippen molar-refractivity contribution in [3.05, 3.63) is 34.9 Å². The molecule has 112 valence electrons. The van der Waals surface area contributed by atoms with Crippen molar-refractivity contribution in [3.63, 3.8) is 0 Å². The van der Waals surface area contributed by atoms with Crippen molar-refractivity contribution >= 4 is 0 Å². The van der Waals surface area contributed by atoms with Gasteiger partial charge in [-0.3, -0.25) is 0 Å². The monoisotopic (exact) mass is 276 g/mol. The zero-order valence-electron chi connectivity index (χ0n) is 13.3. The maximum absolute atomic E-state index is 10.2. The molecule has 1 aliphatic carbocycles. The van der Waals surface area contributed by atoms with Gasteiger partial charge in [-0.1, -0.05) is 32.0 Å². The molecule has 1 unspecified atom stereocenters. The smallest absolute Gasteiger partial charge is 0.102 e. The first-order valence-electron chi connectivity index (χ1n) is 7.74. The summed E-state index contributed by atoms with van der Waals surface area (Å²) in [5, 5.41) is 10.2. The lowest BCUT2D eigenvalue weighted by Crippen LogP contribution is -2.27. The van der Waals surface area contributed by atoms with Gasteiger partial charge >= 0.3 is 0 Å². The Morgan fingerprint density at radius 3 is 2.45 bits per heavy atom. The minimum Gasteiger partial charge on any atom is -0.386 e. The molecular weight excluding hydrogens is 248 g/mol. The minimum atomic E-state index is -0.510. The van der Waals surface area contributed by atoms with Crippen molar-refractivity contribution in [1.29, 1.82) is 0 Å². The predicted octanol–water partition coefficient (Wildman–Crippen LogP) is 4.32. The zero-order chi connectivity index (χ0) is 14.8. The van der Waals surface area contributed by atoms with Crippen molar-refractivity contribution in [1.82, 2.24) is 0 Å². The van der Waals surface area contributed by atoms with Crippen molar-refractivity contribution in [2.45, 2.75) is 65.6 Å². The Hall–Kier alpha value is -0.860. The van der Waals surface area contributed by atoms with Crippen LogP contribution in [-0.4, -0.2) is 17.8 Å². The summed E-state index contributed by atoms with van der Waals surface area (Å²) in [6.45, 7) is 9.23. The molecule has 0 bridgehead atoms. The second kappa shape index (κ2) is 6.28.